The largest absolute Gasteiger partial charge is 0.496 e. The lowest BCUT2D eigenvalue weighted by atomic mass is 10.2. The van der Waals surface area contributed by atoms with E-state index in [9.17, 15) is 4.79 Å². The van der Waals surface area contributed by atoms with E-state index in [1.165, 1.54) is 7.11 Å². The fourth-order valence-corrected chi connectivity index (χ4v) is 1.31. The monoisotopic (exact) mass is 248 g/mol. The Morgan fingerprint density at radius 3 is 2.75 bits per heavy atom. The van der Waals surface area contributed by atoms with E-state index in [1.54, 1.807) is 18.2 Å². The fraction of sp³-hybridized carbons (Fsp3) is 0.125. The third-order valence-electron chi connectivity index (χ3n) is 1.38. The quantitative estimate of drug-likeness (QED) is 0.754. The van der Waals surface area contributed by atoms with Crippen LogP contribution < -0.4 is 4.74 Å². The molecule has 0 aliphatic rings. The van der Waals surface area contributed by atoms with Gasteiger partial charge in [-0.3, -0.25) is 4.79 Å². The van der Waals surface area contributed by atoms with Crippen molar-refractivity contribution in [2.45, 2.75) is 0 Å². The van der Waals surface area contributed by atoms with Crippen molar-refractivity contribution in [2.75, 3.05) is 7.11 Å². The molecule has 0 aliphatic carbocycles. The number of carbonyl (C=O) groups is 1. The topological polar surface area (TPSA) is 26.3 Å². The highest BCUT2D eigenvalue weighted by Crippen LogP contribution is 2.25. The van der Waals surface area contributed by atoms with Crippen LogP contribution in [-0.2, 0) is 0 Å². The summed E-state index contributed by atoms with van der Waals surface area (Å²) in [5.41, 5.74) is 0.428. The van der Waals surface area contributed by atoms with Gasteiger partial charge < -0.3 is 4.74 Å². The molecule has 0 amide bonds. The normalized spacial score (nSPS) is 9.58. The lowest BCUT2D eigenvalue weighted by Crippen LogP contribution is -1.91. The van der Waals surface area contributed by atoms with Crippen molar-refractivity contribution in [3.05, 3.63) is 28.2 Å². The number of halogens is 2. The van der Waals surface area contributed by atoms with Gasteiger partial charge in [-0.05, 0) is 45.7 Å². The van der Waals surface area contributed by atoms with E-state index in [0.717, 1.165) is 4.47 Å². The average molecular weight is 249 g/mol. The maximum atomic E-state index is 10.7. The molecule has 2 nitrogen and oxygen atoms in total. The van der Waals surface area contributed by atoms with Gasteiger partial charge in [0.05, 0.1) is 11.6 Å². The van der Waals surface area contributed by atoms with Crippen molar-refractivity contribution in [1.82, 2.24) is 0 Å². The standard InChI is InChI=1S/C8H6BrClO2/c1-12-7-4-5(8(10)11)2-3-6(7)9/h2-4H,1H3. The number of benzene rings is 1. The summed E-state index contributed by atoms with van der Waals surface area (Å²) in [5.74, 6) is 0.599. The Balaban J connectivity index is 3.13. The zero-order valence-corrected chi connectivity index (χ0v) is 8.65. The zero-order valence-electron chi connectivity index (χ0n) is 6.30. The third-order valence-corrected chi connectivity index (χ3v) is 2.25. The molecule has 0 saturated carbocycles. The van der Waals surface area contributed by atoms with Crippen molar-refractivity contribution >= 4 is 32.8 Å². The molecule has 1 aromatic rings. The summed E-state index contributed by atoms with van der Waals surface area (Å²) >= 11 is 8.54. The van der Waals surface area contributed by atoms with Crippen LogP contribution >= 0.6 is 27.5 Å². The Kier molecular flexibility index (Phi) is 3.12. The molecule has 0 bridgehead atoms. The first-order chi connectivity index (χ1) is 5.65. The van der Waals surface area contributed by atoms with Crippen molar-refractivity contribution in [3.63, 3.8) is 0 Å². The van der Waals surface area contributed by atoms with Crippen molar-refractivity contribution in [1.29, 1.82) is 0 Å². The SMILES string of the molecule is COc1cc(C(=O)Cl)ccc1Br. The molecule has 64 valence electrons. The highest BCUT2D eigenvalue weighted by molar-refractivity contribution is 9.10. The molecule has 0 fully saturated rings. The van der Waals surface area contributed by atoms with Crippen LogP contribution in [0.5, 0.6) is 5.75 Å². The van der Waals surface area contributed by atoms with Crippen LogP contribution in [0.3, 0.4) is 0 Å². The van der Waals surface area contributed by atoms with Crippen molar-refractivity contribution < 1.29 is 9.53 Å². The highest BCUT2D eigenvalue weighted by atomic mass is 79.9. The Hall–Kier alpha value is -0.540. The third kappa shape index (κ3) is 1.99. The van der Waals surface area contributed by atoms with Crippen molar-refractivity contribution in [3.8, 4) is 5.75 Å². The summed E-state index contributed by atoms with van der Waals surface area (Å²) in [6, 6.07) is 4.93. The summed E-state index contributed by atoms with van der Waals surface area (Å²) in [7, 11) is 1.53. The number of hydrogen-bond acceptors (Lipinski definition) is 2. The van der Waals surface area contributed by atoms with Crippen LogP contribution in [0, 0.1) is 0 Å². The van der Waals surface area contributed by atoms with Crippen LogP contribution in [0.1, 0.15) is 10.4 Å². The molecular weight excluding hydrogens is 243 g/mol. The van der Waals surface area contributed by atoms with Gasteiger partial charge in [-0.1, -0.05) is 0 Å². The molecule has 4 heteroatoms. The Bertz CT molecular complexity index is 312. The van der Waals surface area contributed by atoms with Gasteiger partial charge in [0.15, 0.2) is 0 Å². The molecule has 0 N–H and O–H groups in total. The molecule has 0 heterocycles. The van der Waals surface area contributed by atoms with E-state index < -0.39 is 5.24 Å². The number of hydrogen-bond donors (Lipinski definition) is 0. The van der Waals surface area contributed by atoms with E-state index in [2.05, 4.69) is 15.9 Å². The lowest BCUT2D eigenvalue weighted by molar-refractivity contribution is 0.108. The van der Waals surface area contributed by atoms with E-state index in [-0.39, 0.29) is 0 Å². The fourth-order valence-electron chi connectivity index (χ4n) is 0.782. The van der Waals surface area contributed by atoms with Gasteiger partial charge in [-0.2, -0.15) is 0 Å². The number of methoxy groups -OCH3 is 1. The highest BCUT2D eigenvalue weighted by Gasteiger charge is 2.05. The maximum absolute atomic E-state index is 10.7. The molecule has 0 saturated heterocycles. The minimum absolute atomic E-state index is 0.428. The van der Waals surface area contributed by atoms with E-state index in [0.29, 0.717) is 11.3 Å². The second-order valence-corrected chi connectivity index (χ2v) is 3.32. The van der Waals surface area contributed by atoms with Crippen LogP contribution in [0.2, 0.25) is 0 Å². The van der Waals surface area contributed by atoms with E-state index >= 15 is 0 Å². The minimum atomic E-state index is -0.485. The van der Waals surface area contributed by atoms with Gasteiger partial charge in [0.2, 0.25) is 0 Å². The number of rotatable bonds is 2. The molecule has 0 spiro atoms. The van der Waals surface area contributed by atoms with Gasteiger partial charge >= 0.3 is 0 Å². The van der Waals surface area contributed by atoms with Gasteiger partial charge in [-0.15, -0.1) is 0 Å². The van der Waals surface area contributed by atoms with Crippen LogP contribution in [-0.4, -0.2) is 12.4 Å². The molecule has 0 aliphatic heterocycles. The molecule has 0 unspecified atom stereocenters. The zero-order chi connectivity index (χ0) is 9.14. The second-order valence-electron chi connectivity index (χ2n) is 2.12. The van der Waals surface area contributed by atoms with E-state index in [1.807, 2.05) is 0 Å². The average Bonchev–Trinajstić information content (AvgIpc) is 2.05. The summed E-state index contributed by atoms with van der Waals surface area (Å²) in [6.07, 6.45) is 0. The number of ether oxygens (including phenoxy) is 1. The van der Waals surface area contributed by atoms with Crippen LogP contribution in [0.15, 0.2) is 22.7 Å². The summed E-state index contributed by atoms with van der Waals surface area (Å²) in [4.78, 5) is 10.7. The molecule has 0 aromatic heterocycles. The molecule has 0 atom stereocenters. The summed E-state index contributed by atoms with van der Waals surface area (Å²) < 4.78 is 5.78. The predicted octanol–water partition coefficient (Wildman–Crippen LogP) is 2.84. The molecular formula is C8H6BrClO2. The molecule has 1 rings (SSSR count). The van der Waals surface area contributed by atoms with Gasteiger partial charge in [0.1, 0.15) is 5.75 Å². The van der Waals surface area contributed by atoms with Crippen molar-refractivity contribution in [2.24, 2.45) is 0 Å². The first-order valence-electron chi connectivity index (χ1n) is 3.18. The Morgan fingerprint density at radius 2 is 2.25 bits per heavy atom. The first kappa shape index (κ1) is 9.55. The summed E-state index contributed by atoms with van der Waals surface area (Å²) in [5, 5.41) is -0.485. The second kappa shape index (κ2) is 3.92. The van der Waals surface area contributed by atoms with E-state index in [4.69, 9.17) is 16.3 Å². The van der Waals surface area contributed by atoms with Gasteiger partial charge in [-0.25, -0.2) is 0 Å². The maximum Gasteiger partial charge on any atom is 0.252 e. The van der Waals surface area contributed by atoms with Crippen LogP contribution in [0.25, 0.3) is 0 Å². The molecule has 0 radical (unpaired) electrons. The Labute approximate surface area is 83.6 Å². The summed E-state index contributed by atoms with van der Waals surface area (Å²) in [6.45, 7) is 0. The molecule has 12 heavy (non-hydrogen) atoms. The van der Waals surface area contributed by atoms with Crippen LogP contribution in [0.4, 0.5) is 0 Å². The minimum Gasteiger partial charge on any atom is -0.496 e. The first-order valence-corrected chi connectivity index (χ1v) is 4.35. The molecule has 1 aromatic carbocycles. The number of carbonyl (C=O) groups excluding carboxylic acids is 1. The Morgan fingerprint density at radius 1 is 1.58 bits per heavy atom. The lowest BCUT2D eigenvalue weighted by Gasteiger charge is -2.03. The predicted molar refractivity (Wildman–Crippen MR) is 50.9 cm³/mol. The smallest absolute Gasteiger partial charge is 0.252 e. The van der Waals surface area contributed by atoms with Gasteiger partial charge in [0, 0.05) is 5.56 Å². The van der Waals surface area contributed by atoms with Gasteiger partial charge in [0.25, 0.3) is 5.24 Å².